The molecule has 0 bridgehead atoms. The summed E-state index contributed by atoms with van der Waals surface area (Å²) in [6.07, 6.45) is 19.4. The second-order valence-corrected chi connectivity index (χ2v) is 5.91. The number of carbonyl (C=O) groups is 1. The molecule has 1 unspecified atom stereocenters. The molecule has 0 rings (SSSR count). The Kier molecular flexibility index (Phi) is 14.0. The van der Waals surface area contributed by atoms with E-state index in [2.05, 4.69) is 19.1 Å². The summed E-state index contributed by atoms with van der Waals surface area (Å²) >= 11 is 0. The van der Waals surface area contributed by atoms with E-state index in [1.54, 1.807) is 6.92 Å². The highest BCUT2D eigenvalue weighted by Crippen LogP contribution is 2.11. The molecule has 0 spiro atoms. The number of rotatable bonds is 14. The van der Waals surface area contributed by atoms with Crippen LogP contribution in [0.2, 0.25) is 0 Å². The van der Waals surface area contributed by atoms with Crippen LogP contribution in [-0.2, 0) is 4.79 Å². The van der Waals surface area contributed by atoms with Crippen molar-refractivity contribution < 1.29 is 9.90 Å². The molecule has 0 amide bonds. The third-order valence-electron chi connectivity index (χ3n) is 3.82. The third kappa shape index (κ3) is 13.6. The lowest BCUT2D eigenvalue weighted by Gasteiger charge is -2.04. The van der Waals surface area contributed by atoms with Crippen molar-refractivity contribution in [3.63, 3.8) is 0 Å². The summed E-state index contributed by atoms with van der Waals surface area (Å²) in [7, 11) is 0. The van der Waals surface area contributed by atoms with Crippen molar-refractivity contribution in [1.82, 2.24) is 0 Å². The van der Waals surface area contributed by atoms with Crippen molar-refractivity contribution in [1.29, 1.82) is 0 Å². The standard InChI is InChI=1S/C18H34O2/c1-3-4-5-6-7-8-9-10-11-12-13-14-15-16-17(2)18(19)20/h10-11,17H,3-9,12-16H2,1-2H3,(H,19,20). The van der Waals surface area contributed by atoms with Crippen LogP contribution < -0.4 is 0 Å². The van der Waals surface area contributed by atoms with Gasteiger partial charge in [0.05, 0.1) is 5.92 Å². The van der Waals surface area contributed by atoms with Gasteiger partial charge in [-0.2, -0.15) is 0 Å². The molecule has 0 aromatic rings. The first-order valence-electron chi connectivity index (χ1n) is 8.56. The zero-order chi connectivity index (χ0) is 15.1. The van der Waals surface area contributed by atoms with Gasteiger partial charge in [0.2, 0.25) is 0 Å². The first-order chi connectivity index (χ1) is 9.68. The van der Waals surface area contributed by atoms with Crippen LogP contribution >= 0.6 is 0 Å². The molecule has 2 nitrogen and oxygen atoms in total. The van der Waals surface area contributed by atoms with E-state index < -0.39 is 5.97 Å². The normalized spacial score (nSPS) is 12.9. The molecule has 0 fully saturated rings. The van der Waals surface area contributed by atoms with Gasteiger partial charge < -0.3 is 5.11 Å². The zero-order valence-corrected chi connectivity index (χ0v) is 13.6. The van der Waals surface area contributed by atoms with Crippen molar-refractivity contribution in [2.75, 3.05) is 0 Å². The van der Waals surface area contributed by atoms with E-state index in [9.17, 15) is 4.79 Å². The summed E-state index contributed by atoms with van der Waals surface area (Å²) in [5.41, 5.74) is 0. The van der Waals surface area contributed by atoms with Gasteiger partial charge in [0.15, 0.2) is 0 Å². The van der Waals surface area contributed by atoms with Crippen LogP contribution in [0.25, 0.3) is 0 Å². The minimum Gasteiger partial charge on any atom is -0.481 e. The number of hydrogen-bond donors (Lipinski definition) is 1. The predicted molar refractivity (Wildman–Crippen MR) is 87.0 cm³/mol. The van der Waals surface area contributed by atoms with E-state index in [-0.39, 0.29) is 5.92 Å². The number of carboxylic acid groups (broad SMARTS) is 1. The molecule has 0 aliphatic heterocycles. The minimum absolute atomic E-state index is 0.182. The fraction of sp³-hybridized carbons (Fsp3) is 0.833. The summed E-state index contributed by atoms with van der Waals surface area (Å²) in [5, 5.41) is 8.76. The number of carboxylic acids is 1. The lowest BCUT2D eigenvalue weighted by atomic mass is 10.0. The molecule has 0 saturated carbocycles. The quantitative estimate of drug-likeness (QED) is 0.315. The molecule has 2 heteroatoms. The largest absolute Gasteiger partial charge is 0.481 e. The van der Waals surface area contributed by atoms with Gasteiger partial charge in [-0.1, -0.05) is 70.9 Å². The van der Waals surface area contributed by atoms with Crippen molar-refractivity contribution in [3.8, 4) is 0 Å². The van der Waals surface area contributed by atoms with Crippen LogP contribution in [0.5, 0.6) is 0 Å². The lowest BCUT2D eigenvalue weighted by Crippen LogP contribution is -2.08. The summed E-state index contributed by atoms with van der Waals surface area (Å²) in [5.74, 6) is -0.845. The first-order valence-corrected chi connectivity index (χ1v) is 8.56. The fourth-order valence-electron chi connectivity index (χ4n) is 2.29. The Morgan fingerprint density at radius 3 is 1.95 bits per heavy atom. The molecule has 0 aromatic heterocycles. The van der Waals surface area contributed by atoms with Gasteiger partial charge in [-0.3, -0.25) is 4.79 Å². The molecule has 0 saturated heterocycles. The van der Waals surface area contributed by atoms with Gasteiger partial charge in [-0.15, -0.1) is 0 Å². The maximum Gasteiger partial charge on any atom is 0.306 e. The molecule has 1 atom stereocenters. The highest BCUT2D eigenvalue weighted by atomic mass is 16.4. The van der Waals surface area contributed by atoms with Crippen molar-refractivity contribution in [2.24, 2.45) is 5.92 Å². The Morgan fingerprint density at radius 1 is 0.900 bits per heavy atom. The molecule has 0 aliphatic rings. The van der Waals surface area contributed by atoms with E-state index in [0.717, 1.165) is 25.7 Å². The summed E-state index contributed by atoms with van der Waals surface area (Å²) in [6, 6.07) is 0. The molecule has 0 heterocycles. The minimum atomic E-state index is -0.663. The maximum atomic E-state index is 10.6. The Labute approximate surface area is 125 Å². The second-order valence-electron chi connectivity index (χ2n) is 5.91. The van der Waals surface area contributed by atoms with Crippen LogP contribution in [0.4, 0.5) is 0 Å². The second kappa shape index (κ2) is 14.6. The maximum absolute atomic E-state index is 10.6. The molecular weight excluding hydrogens is 248 g/mol. The van der Waals surface area contributed by atoms with E-state index in [1.807, 2.05) is 0 Å². The molecule has 20 heavy (non-hydrogen) atoms. The SMILES string of the molecule is CCCCCCCCC=CCCCCCC(C)C(=O)O. The average molecular weight is 282 g/mol. The van der Waals surface area contributed by atoms with Crippen molar-refractivity contribution in [2.45, 2.75) is 90.9 Å². The molecule has 0 aliphatic carbocycles. The van der Waals surface area contributed by atoms with Crippen LogP contribution in [0.1, 0.15) is 90.9 Å². The van der Waals surface area contributed by atoms with Gasteiger partial charge in [-0.05, 0) is 32.1 Å². The van der Waals surface area contributed by atoms with E-state index in [4.69, 9.17) is 5.11 Å². The molecule has 0 aromatic carbocycles. The van der Waals surface area contributed by atoms with Crippen molar-refractivity contribution in [3.05, 3.63) is 12.2 Å². The highest BCUT2D eigenvalue weighted by molar-refractivity contribution is 5.69. The molecular formula is C18H34O2. The van der Waals surface area contributed by atoms with E-state index >= 15 is 0 Å². The Bertz CT molecular complexity index is 246. The van der Waals surface area contributed by atoms with Gasteiger partial charge in [0, 0.05) is 0 Å². The smallest absolute Gasteiger partial charge is 0.306 e. The van der Waals surface area contributed by atoms with E-state index in [0.29, 0.717) is 0 Å². The predicted octanol–water partition coefficient (Wildman–Crippen LogP) is 5.96. The van der Waals surface area contributed by atoms with E-state index in [1.165, 1.54) is 51.4 Å². The highest BCUT2D eigenvalue weighted by Gasteiger charge is 2.08. The zero-order valence-electron chi connectivity index (χ0n) is 13.6. The van der Waals surface area contributed by atoms with Crippen molar-refractivity contribution >= 4 is 5.97 Å². The fourth-order valence-corrected chi connectivity index (χ4v) is 2.29. The molecule has 1 N–H and O–H groups in total. The average Bonchev–Trinajstić information content (AvgIpc) is 2.43. The summed E-state index contributed by atoms with van der Waals surface area (Å²) in [4.78, 5) is 10.6. The Hall–Kier alpha value is -0.790. The van der Waals surface area contributed by atoms with Gasteiger partial charge in [0.1, 0.15) is 0 Å². The van der Waals surface area contributed by atoms with Gasteiger partial charge >= 0.3 is 5.97 Å². The number of allylic oxidation sites excluding steroid dienone is 2. The number of aliphatic carboxylic acids is 1. The monoisotopic (exact) mass is 282 g/mol. The first kappa shape index (κ1) is 19.2. The number of unbranched alkanes of at least 4 members (excludes halogenated alkanes) is 9. The van der Waals surface area contributed by atoms with Gasteiger partial charge in [-0.25, -0.2) is 0 Å². The third-order valence-corrected chi connectivity index (χ3v) is 3.82. The topological polar surface area (TPSA) is 37.3 Å². The van der Waals surface area contributed by atoms with Crippen LogP contribution in [0.15, 0.2) is 12.2 Å². The summed E-state index contributed by atoms with van der Waals surface area (Å²) < 4.78 is 0. The number of hydrogen-bond acceptors (Lipinski definition) is 1. The summed E-state index contributed by atoms with van der Waals surface area (Å²) in [6.45, 7) is 4.05. The van der Waals surface area contributed by atoms with Crippen LogP contribution in [0, 0.1) is 5.92 Å². The lowest BCUT2D eigenvalue weighted by molar-refractivity contribution is -0.141. The molecule has 118 valence electrons. The Morgan fingerprint density at radius 2 is 1.40 bits per heavy atom. The van der Waals surface area contributed by atoms with Gasteiger partial charge in [0.25, 0.3) is 0 Å². The van der Waals surface area contributed by atoms with Crippen LogP contribution in [0.3, 0.4) is 0 Å². The molecule has 0 radical (unpaired) electrons. The van der Waals surface area contributed by atoms with Crippen LogP contribution in [-0.4, -0.2) is 11.1 Å². The Balaban J connectivity index is 3.18.